The number of benzene rings is 2. The molecule has 86 valence electrons. The van der Waals surface area contributed by atoms with Crippen LogP contribution in [0.5, 0.6) is 0 Å². The normalized spacial score (nSPS) is 12.2. The average molecular weight is 229 g/mol. The van der Waals surface area contributed by atoms with Gasteiger partial charge in [0.1, 0.15) is 6.21 Å². The molecule has 2 aromatic rings. The van der Waals surface area contributed by atoms with Gasteiger partial charge in [-0.25, -0.2) is 4.99 Å². The summed E-state index contributed by atoms with van der Waals surface area (Å²) in [5.74, 6) is 0.0581. The van der Waals surface area contributed by atoms with Gasteiger partial charge >= 0.3 is 0 Å². The predicted molar refractivity (Wildman–Crippen MR) is 66.2 cm³/mol. The Hall–Kier alpha value is -2.40. The van der Waals surface area contributed by atoms with Gasteiger partial charge in [-0.3, -0.25) is 10.7 Å². The minimum atomic E-state index is 0.0581. The van der Waals surface area contributed by atoms with E-state index in [4.69, 9.17) is 10.4 Å². The lowest BCUT2D eigenvalue weighted by Gasteiger charge is -2.00. The van der Waals surface area contributed by atoms with E-state index in [1.807, 2.05) is 47.9 Å². The third kappa shape index (κ3) is 2.59. The van der Waals surface area contributed by atoms with Crippen LogP contribution in [0.2, 0.25) is 0 Å². The number of amidine groups is 1. The molecule has 2 aromatic carbocycles. The number of hydrogen-bond acceptors (Lipinski definition) is 4. The predicted octanol–water partition coefficient (Wildman–Crippen LogP) is 2.31. The van der Waals surface area contributed by atoms with Gasteiger partial charge in [-0.2, -0.15) is 0 Å². The first-order valence-corrected chi connectivity index (χ1v) is 4.98. The van der Waals surface area contributed by atoms with Crippen molar-refractivity contribution >= 4 is 28.5 Å². The minimum Gasteiger partial charge on any atom is -0.411 e. The zero-order valence-electron chi connectivity index (χ0n) is 8.91. The van der Waals surface area contributed by atoms with Gasteiger partial charge < -0.3 is 5.21 Å². The Morgan fingerprint density at radius 2 is 1.88 bits per heavy atom. The fraction of sp³-hybridized carbons (Fsp3) is 0. The second-order valence-electron chi connectivity index (χ2n) is 3.38. The SMILES string of the molecule is O/N=C/C(=Nc1ccc2ccccc2c1)NO. The summed E-state index contributed by atoms with van der Waals surface area (Å²) in [6.07, 6.45) is 1.01. The highest BCUT2D eigenvalue weighted by Crippen LogP contribution is 2.20. The maximum Gasteiger partial charge on any atom is 0.172 e. The van der Waals surface area contributed by atoms with Crippen LogP contribution in [0.1, 0.15) is 0 Å². The minimum absolute atomic E-state index is 0.0581. The summed E-state index contributed by atoms with van der Waals surface area (Å²) in [6.45, 7) is 0. The van der Waals surface area contributed by atoms with Crippen molar-refractivity contribution < 1.29 is 10.4 Å². The molecule has 0 amide bonds. The molecule has 0 saturated carbocycles. The lowest BCUT2D eigenvalue weighted by molar-refractivity contribution is 0.236. The number of aliphatic imine (C=N–C) groups is 1. The van der Waals surface area contributed by atoms with Crippen LogP contribution in [0.15, 0.2) is 52.6 Å². The fourth-order valence-corrected chi connectivity index (χ4v) is 1.52. The molecule has 0 aliphatic rings. The van der Waals surface area contributed by atoms with Crippen molar-refractivity contribution in [2.24, 2.45) is 10.1 Å². The summed E-state index contributed by atoms with van der Waals surface area (Å²) < 4.78 is 0. The third-order valence-electron chi connectivity index (χ3n) is 2.28. The molecule has 0 bridgehead atoms. The maximum atomic E-state index is 8.75. The van der Waals surface area contributed by atoms with Crippen LogP contribution in [0.4, 0.5) is 5.69 Å². The van der Waals surface area contributed by atoms with Gasteiger partial charge in [-0.1, -0.05) is 35.5 Å². The number of nitrogens with one attached hydrogen (secondary N) is 1. The molecule has 0 aromatic heterocycles. The van der Waals surface area contributed by atoms with E-state index in [-0.39, 0.29) is 5.84 Å². The highest BCUT2D eigenvalue weighted by Gasteiger charge is 1.97. The van der Waals surface area contributed by atoms with Crippen LogP contribution >= 0.6 is 0 Å². The molecule has 0 heterocycles. The van der Waals surface area contributed by atoms with Crippen LogP contribution in [-0.2, 0) is 0 Å². The smallest absolute Gasteiger partial charge is 0.172 e. The molecule has 5 nitrogen and oxygen atoms in total. The van der Waals surface area contributed by atoms with E-state index in [0.29, 0.717) is 5.69 Å². The van der Waals surface area contributed by atoms with Crippen LogP contribution in [0, 0.1) is 0 Å². The summed E-state index contributed by atoms with van der Waals surface area (Å²) in [5.41, 5.74) is 2.49. The van der Waals surface area contributed by atoms with E-state index in [1.165, 1.54) is 0 Å². The Labute approximate surface area is 97.7 Å². The second kappa shape index (κ2) is 5.09. The van der Waals surface area contributed by atoms with Crippen molar-refractivity contribution in [3.05, 3.63) is 42.5 Å². The standard InChI is InChI=1S/C12H11N3O2/c16-13-8-12(15-17)14-11-6-5-9-3-1-2-4-10(9)7-11/h1-8,16-17H,(H,14,15)/b13-8+. The molecule has 0 unspecified atom stereocenters. The van der Waals surface area contributed by atoms with E-state index in [9.17, 15) is 0 Å². The van der Waals surface area contributed by atoms with Crippen molar-refractivity contribution in [2.75, 3.05) is 0 Å². The quantitative estimate of drug-likeness (QED) is 0.320. The number of oxime groups is 1. The van der Waals surface area contributed by atoms with Crippen molar-refractivity contribution in [1.82, 2.24) is 5.48 Å². The Morgan fingerprint density at radius 1 is 1.12 bits per heavy atom. The Balaban J connectivity index is 2.42. The molecule has 0 aliphatic heterocycles. The first-order valence-electron chi connectivity index (χ1n) is 4.98. The lowest BCUT2D eigenvalue weighted by Crippen LogP contribution is -2.19. The second-order valence-corrected chi connectivity index (χ2v) is 3.38. The molecule has 17 heavy (non-hydrogen) atoms. The summed E-state index contributed by atoms with van der Waals surface area (Å²) in [6, 6.07) is 13.5. The number of hydroxylamine groups is 1. The number of hydrogen-bond donors (Lipinski definition) is 3. The van der Waals surface area contributed by atoms with Crippen molar-refractivity contribution in [1.29, 1.82) is 0 Å². The summed E-state index contributed by atoms with van der Waals surface area (Å²) in [5, 5.41) is 22.1. The Kier molecular flexibility index (Phi) is 3.32. The molecular weight excluding hydrogens is 218 g/mol. The highest BCUT2D eigenvalue weighted by molar-refractivity contribution is 6.29. The van der Waals surface area contributed by atoms with Gasteiger partial charge in [0.2, 0.25) is 0 Å². The van der Waals surface area contributed by atoms with Gasteiger partial charge in [0.25, 0.3) is 0 Å². The summed E-state index contributed by atoms with van der Waals surface area (Å²) >= 11 is 0. The number of nitrogens with zero attached hydrogens (tertiary/aromatic N) is 2. The van der Waals surface area contributed by atoms with E-state index >= 15 is 0 Å². The maximum absolute atomic E-state index is 8.75. The van der Waals surface area contributed by atoms with Gasteiger partial charge in [0.15, 0.2) is 5.84 Å². The van der Waals surface area contributed by atoms with E-state index < -0.39 is 0 Å². The Morgan fingerprint density at radius 3 is 2.59 bits per heavy atom. The zero-order chi connectivity index (χ0) is 12.1. The topological polar surface area (TPSA) is 77.2 Å². The van der Waals surface area contributed by atoms with Crippen LogP contribution in [0.3, 0.4) is 0 Å². The van der Waals surface area contributed by atoms with Gasteiger partial charge in [0, 0.05) is 0 Å². The first-order chi connectivity index (χ1) is 8.33. The van der Waals surface area contributed by atoms with Gasteiger partial charge in [-0.15, -0.1) is 0 Å². The zero-order valence-corrected chi connectivity index (χ0v) is 8.91. The molecule has 0 saturated heterocycles. The number of rotatable bonds is 2. The largest absolute Gasteiger partial charge is 0.411 e. The van der Waals surface area contributed by atoms with Crippen LogP contribution in [-0.4, -0.2) is 22.5 Å². The fourth-order valence-electron chi connectivity index (χ4n) is 1.52. The molecule has 0 atom stereocenters. The molecule has 0 fully saturated rings. The van der Waals surface area contributed by atoms with Crippen LogP contribution in [0.25, 0.3) is 10.8 Å². The average Bonchev–Trinajstić information content (AvgIpc) is 2.38. The van der Waals surface area contributed by atoms with Crippen molar-refractivity contribution in [3.63, 3.8) is 0 Å². The lowest BCUT2D eigenvalue weighted by atomic mass is 10.1. The molecule has 0 radical (unpaired) electrons. The summed E-state index contributed by atoms with van der Waals surface area (Å²) in [4.78, 5) is 4.06. The van der Waals surface area contributed by atoms with Gasteiger partial charge in [-0.05, 0) is 22.9 Å². The van der Waals surface area contributed by atoms with E-state index in [2.05, 4.69) is 10.1 Å². The molecular formula is C12H11N3O2. The Bertz CT molecular complexity index is 579. The first kappa shape index (κ1) is 11.1. The van der Waals surface area contributed by atoms with Crippen molar-refractivity contribution in [2.45, 2.75) is 0 Å². The molecule has 5 heteroatoms. The molecule has 0 aliphatic carbocycles. The third-order valence-corrected chi connectivity index (χ3v) is 2.28. The monoisotopic (exact) mass is 229 g/mol. The highest BCUT2D eigenvalue weighted by atomic mass is 16.5. The number of fused-ring (bicyclic) bond motifs is 1. The van der Waals surface area contributed by atoms with Crippen LogP contribution < -0.4 is 5.48 Å². The molecule has 0 spiro atoms. The van der Waals surface area contributed by atoms with E-state index in [0.717, 1.165) is 17.0 Å². The van der Waals surface area contributed by atoms with E-state index in [1.54, 1.807) is 0 Å². The van der Waals surface area contributed by atoms with Crippen molar-refractivity contribution in [3.8, 4) is 0 Å². The summed E-state index contributed by atoms with van der Waals surface area (Å²) in [7, 11) is 0. The van der Waals surface area contributed by atoms with Gasteiger partial charge in [0.05, 0.1) is 5.69 Å². The molecule has 3 N–H and O–H groups in total. The molecule has 2 rings (SSSR count).